The minimum absolute atomic E-state index is 0.347. The number of carboxylic acids is 1. The Morgan fingerprint density at radius 1 is 1.05 bits per heavy atom. The lowest BCUT2D eigenvalue weighted by atomic mass is 10.1. The minimum atomic E-state index is -0.985. The van der Waals surface area contributed by atoms with Gasteiger partial charge >= 0.3 is 5.97 Å². The van der Waals surface area contributed by atoms with Gasteiger partial charge in [-0.15, -0.1) is 0 Å². The van der Waals surface area contributed by atoms with Gasteiger partial charge in [-0.1, -0.05) is 30.3 Å². The maximum absolute atomic E-state index is 10.9. The lowest BCUT2D eigenvalue weighted by Gasteiger charge is -2.24. The normalized spacial score (nSPS) is 11.7. The highest BCUT2D eigenvalue weighted by Crippen LogP contribution is 2.29. The van der Waals surface area contributed by atoms with Crippen molar-refractivity contribution in [1.82, 2.24) is 24.3 Å². The van der Waals surface area contributed by atoms with Crippen LogP contribution >= 0.6 is 0 Å². The summed E-state index contributed by atoms with van der Waals surface area (Å²) in [6, 6.07) is 15.8. The summed E-state index contributed by atoms with van der Waals surface area (Å²) in [5.41, 5.74) is 10.1. The molecule has 0 saturated carbocycles. The summed E-state index contributed by atoms with van der Waals surface area (Å²) in [5, 5.41) is 9.98. The molecule has 0 radical (unpaired) electrons. The van der Waals surface area contributed by atoms with Gasteiger partial charge in [-0.2, -0.15) is 0 Å². The van der Waals surface area contributed by atoms with E-state index in [1.807, 2.05) is 30.3 Å². The quantitative estimate of drug-likeness (QED) is 0.202. The van der Waals surface area contributed by atoms with E-state index in [1.165, 1.54) is 0 Å². The number of para-hydroxylation sites is 1. The number of aromatic nitrogens is 3. The second-order valence-electron chi connectivity index (χ2n) is 10.3. The fourth-order valence-corrected chi connectivity index (χ4v) is 4.88. The number of nitrogen functional groups attached to an aromatic ring is 1. The Morgan fingerprint density at radius 3 is 2.65 bits per heavy atom. The van der Waals surface area contributed by atoms with Crippen molar-refractivity contribution in [1.29, 1.82) is 0 Å². The number of aryl methyl sites for hydroxylation is 1. The number of benzene rings is 2. The van der Waals surface area contributed by atoms with E-state index in [0.29, 0.717) is 24.6 Å². The number of carbonyl (C=O) groups is 1. The number of hydrogen-bond acceptors (Lipinski definition) is 8. The van der Waals surface area contributed by atoms with Crippen LogP contribution in [0.4, 0.5) is 5.82 Å². The van der Waals surface area contributed by atoms with E-state index in [1.54, 1.807) is 13.2 Å². The molecule has 4 aromatic rings. The summed E-state index contributed by atoms with van der Waals surface area (Å²) in [6.07, 6.45) is 2.68. The molecule has 214 valence electrons. The Hall–Kier alpha value is -3.73. The first-order chi connectivity index (χ1) is 19.4. The zero-order valence-corrected chi connectivity index (χ0v) is 23.7. The third-order valence-electron chi connectivity index (χ3n) is 6.86. The van der Waals surface area contributed by atoms with E-state index < -0.39 is 5.97 Å². The first-order valence-electron chi connectivity index (χ1n) is 13.7. The lowest BCUT2D eigenvalue weighted by molar-refractivity contribution is -0.139. The number of pyridine rings is 1. The zero-order valence-electron chi connectivity index (χ0n) is 23.7. The molecule has 2 heterocycles. The molecule has 2 aromatic heterocycles. The Kier molecular flexibility index (Phi) is 10.3. The fourth-order valence-electron chi connectivity index (χ4n) is 4.88. The number of fused-ring (bicyclic) bond motifs is 3. The maximum Gasteiger partial charge on any atom is 0.341 e. The molecule has 2 aromatic carbocycles. The first-order valence-corrected chi connectivity index (χ1v) is 13.7. The van der Waals surface area contributed by atoms with Crippen LogP contribution in [0.15, 0.2) is 48.5 Å². The molecule has 10 nitrogen and oxygen atoms in total. The SMILES string of the molecule is COCCc1nc2c(N)nc3ccccc3c2n1CCCCN(CCN(C)C)Cc1cccc(OCC(=O)O)c1. The van der Waals surface area contributed by atoms with Gasteiger partial charge in [-0.05, 0) is 57.2 Å². The number of nitrogens with zero attached hydrogens (tertiary/aromatic N) is 5. The summed E-state index contributed by atoms with van der Waals surface area (Å²) in [6.45, 7) is 4.62. The van der Waals surface area contributed by atoms with E-state index in [-0.39, 0.29) is 6.61 Å². The molecule has 0 aliphatic heterocycles. The molecule has 0 aliphatic rings. The van der Waals surface area contributed by atoms with Crippen molar-refractivity contribution in [3.05, 3.63) is 59.9 Å². The van der Waals surface area contributed by atoms with Gasteiger partial charge in [0.25, 0.3) is 0 Å². The van der Waals surface area contributed by atoms with Crippen molar-refractivity contribution >= 4 is 33.7 Å². The van der Waals surface area contributed by atoms with Crippen LogP contribution in [-0.2, 0) is 29.0 Å². The summed E-state index contributed by atoms with van der Waals surface area (Å²) in [7, 11) is 5.86. The van der Waals surface area contributed by atoms with Gasteiger partial charge < -0.3 is 29.8 Å². The maximum atomic E-state index is 10.9. The average Bonchev–Trinajstić information content (AvgIpc) is 3.31. The third-order valence-corrected chi connectivity index (χ3v) is 6.86. The topological polar surface area (TPSA) is 119 Å². The summed E-state index contributed by atoms with van der Waals surface area (Å²) in [5.74, 6) is 1.00. The Balaban J connectivity index is 1.47. The summed E-state index contributed by atoms with van der Waals surface area (Å²) < 4.78 is 13.0. The van der Waals surface area contributed by atoms with Gasteiger partial charge in [0.15, 0.2) is 12.4 Å². The number of ether oxygens (including phenoxy) is 2. The smallest absolute Gasteiger partial charge is 0.341 e. The molecule has 3 N–H and O–H groups in total. The number of anilines is 1. The minimum Gasteiger partial charge on any atom is -0.482 e. The van der Waals surface area contributed by atoms with Gasteiger partial charge in [0.2, 0.25) is 0 Å². The van der Waals surface area contributed by atoms with E-state index in [9.17, 15) is 4.79 Å². The summed E-state index contributed by atoms with van der Waals surface area (Å²) >= 11 is 0. The number of aliphatic carboxylic acids is 1. The molecule has 10 heteroatoms. The Labute approximate surface area is 235 Å². The van der Waals surface area contributed by atoms with Crippen molar-refractivity contribution in [3.63, 3.8) is 0 Å². The van der Waals surface area contributed by atoms with Crippen LogP contribution in [0.2, 0.25) is 0 Å². The molecule has 0 bridgehead atoms. The second-order valence-corrected chi connectivity index (χ2v) is 10.3. The lowest BCUT2D eigenvalue weighted by Crippen LogP contribution is -2.32. The molecule has 0 unspecified atom stereocenters. The number of unbranched alkanes of at least 4 members (excludes halogenated alkanes) is 1. The van der Waals surface area contributed by atoms with Crippen LogP contribution in [0.3, 0.4) is 0 Å². The fraction of sp³-hybridized carbons (Fsp3) is 0.433. The number of methoxy groups -OCH3 is 1. The molecule has 0 saturated heterocycles. The second kappa shape index (κ2) is 14.1. The van der Waals surface area contributed by atoms with Crippen LogP contribution < -0.4 is 10.5 Å². The van der Waals surface area contributed by atoms with Crippen LogP contribution in [0, 0.1) is 0 Å². The predicted octanol–water partition coefficient (Wildman–Crippen LogP) is 3.66. The highest BCUT2D eigenvalue weighted by molar-refractivity contribution is 6.06. The number of rotatable bonds is 16. The van der Waals surface area contributed by atoms with Crippen molar-refractivity contribution in [2.75, 3.05) is 59.8 Å². The van der Waals surface area contributed by atoms with Crippen molar-refractivity contribution < 1.29 is 19.4 Å². The molecule has 0 amide bonds. The molecule has 0 aliphatic carbocycles. The van der Waals surface area contributed by atoms with E-state index in [4.69, 9.17) is 25.3 Å². The van der Waals surface area contributed by atoms with Gasteiger partial charge in [0, 0.05) is 45.1 Å². The largest absolute Gasteiger partial charge is 0.482 e. The number of carboxylic acid groups (broad SMARTS) is 1. The highest BCUT2D eigenvalue weighted by Gasteiger charge is 2.17. The van der Waals surface area contributed by atoms with Crippen LogP contribution in [0.5, 0.6) is 5.75 Å². The molecule has 0 spiro atoms. The van der Waals surface area contributed by atoms with E-state index in [0.717, 1.165) is 78.9 Å². The Bertz CT molecular complexity index is 1420. The van der Waals surface area contributed by atoms with Gasteiger partial charge in [0.05, 0.1) is 17.6 Å². The third kappa shape index (κ3) is 7.68. The molecule has 0 fully saturated rings. The van der Waals surface area contributed by atoms with Crippen molar-refractivity contribution in [2.45, 2.75) is 32.4 Å². The molecular weight excluding hydrogens is 508 g/mol. The van der Waals surface area contributed by atoms with E-state index in [2.05, 4.69) is 45.6 Å². The average molecular weight is 549 g/mol. The van der Waals surface area contributed by atoms with Gasteiger partial charge in [0.1, 0.15) is 17.1 Å². The number of nitrogens with two attached hydrogens (primary N) is 1. The van der Waals surface area contributed by atoms with Crippen LogP contribution in [0.25, 0.3) is 21.9 Å². The van der Waals surface area contributed by atoms with Crippen molar-refractivity contribution in [3.8, 4) is 5.75 Å². The Morgan fingerprint density at radius 2 is 1.88 bits per heavy atom. The highest BCUT2D eigenvalue weighted by atomic mass is 16.5. The molecule has 0 atom stereocenters. The van der Waals surface area contributed by atoms with E-state index >= 15 is 0 Å². The molecule has 40 heavy (non-hydrogen) atoms. The van der Waals surface area contributed by atoms with Crippen LogP contribution in [0.1, 0.15) is 24.2 Å². The van der Waals surface area contributed by atoms with Gasteiger partial charge in [-0.3, -0.25) is 4.90 Å². The number of imidazole rings is 1. The molecular formula is C30H40N6O4. The van der Waals surface area contributed by atoms with Crippen LogP contribution in [-0.4, -0.2) is 89.5 Å². The van der Waals surface area contributed by atoms with Crippen molar-refractivity contribution in [2.24, 2.45) is 0 Å². The monoisotopic (exact) mass is 548 g/mol. The van der Waals surface area contributed by atoms with Gasteiger partial charge in [-0.25, -0.2) is 14.8 Å². The zero-order chi connectivity index (χ0) is 28.5. The summed E-state index contributed by atoms with van der Waals surface area (Å²) in [4.78, 5) is 25.0. The number of hydrogen-bond donors (Lipinski definition) is 2. The first kappa shape index (κ1) is 29.3. The molecule has 4 rings (SSSR count). The number of likely N-dealkylation sites (N-methyl/N-ethyl adjacent to an activating group) is 1. The standard InChI is InChI=1S/C30H40N6O4/c1-34(2)16-17-35(20-22-9-8-10-23(19-22)40-21-27(37)38)14-6-7-15-36-26(13-18-39-3)33-28-29(36)24-11-4-5-12-25(24)32-30(28)31/h4-5,8-12,19H,6-7,13-18,20-21H2,1-3H3,(H2,31,32)(H,37,38). The predicted molar refractivity (Wildman–Crippen MR) is 158 cm³/mol.